The minimum absolute atomic E-state index is 0.147. The lowest BCUT2D eigenvalue weighted by atomic mass is 9.82. The number of furan rings is 1. The van der Waals surface area contributed by atoms with Gasteiger partial charge in [-0.2, -0.15) is 0 Å². The molecule has 2 aliphatic rings. The second-order valence-corrected chi connectivity index (χ2v) is 13.1. The van der Waals surface area contributed by atoms with Gasteiger partial charge in [-0.25, -0.2) is 4.98 Å². The molecule has 3 heterocycles. The minimum atomic E-state index is -0.147. The number of nitrogens with zero attached hydrogens (tertiary/aromatic N) is 1. The number of benzene rings is 6. The molecular weight excluding hydrogens is 590 g/mol. The van der Waals surface area contributed by atoms with Crippen molar-refractivity contribution < 1.29 is 13.9 Å². The van der Waals surface area contributed by atoms with Crippen molar-refractivity contribution in [2.24, 2.45) is 0 Å². The van der Waals surface area contributed by atoms with Crippen molar-refractivity contribution in [3.8, 4) is 67.8 Å². The maximum absolute atomic E-state index is 6.96. The molecule has 228 valence electrons. The molecule has 0 N–H and O–H groups in total. The third-order valence-corrected chi connectivity index (χ3v) is 9.95. The number of pyridine rings is 1. The predicted molar refractivity (Wildman–Crippen MR) is 192 cm³/mol. The van der Waals surface area contributed by atoms with E-state index < -0.39 is 0 Å². The molecule has 0 atom stereocenters. The Hall–Kier alpha value is -6.13. The zero-order valence-corrected chi connectivity index (χ0v) is 26.5. The van der Waals surface area contributed by atoms with E-state index in [4.69, 9.17) is 18.9 Å². The quantitative estimate of drug-likeness (QED) is 0.197. The second-order valence-electron chi connectivity index (χ2n) is 13.1. The molecule has 0 saturated carbocycles. The highest BCUT2D eigenvalue weighted by molar-refractivity contribution is 6.06. The van der Waals surface area contributed by atoms with E-state index in [-0.39, 0.29) is 5.41 Å². The van der Waals surface area contributed by atoms with Crippen LogP contribution in [0.2, 0.25) is 0 Å². The van der Waals surface area contributed by atoms with E-state index in [1.54, 1.807) is 0 Å². The zero-order valence-electron chi connectivity index (χ0n) is 26.5. The Morgan fingerprint density at radius 3 is 2.15 bits per heavy atom. The lowest BCUT2D eigenvalue weighted by Gasteiger charge is -2.26. The fourth-order valence-electron chi connectivity index (χ4n) is 7.55. The van der Waals surface area contributed by atoms with E-state index in [2.05, 4.69) is 98.8 Å². The molecule has 8 aromatic rings. The molecule has 0 unspecified atom stereocenters. The molecule has 6 aromatic carbocycles. The zero-order chi connectivity index (χ0) is 32.0. The highest BCUT2D eigenvalue weighted by atomic mass is 16.6. The second kappa shape index (κ2) is 9.93. The van der Waals surface area contributed by atoms with Crippen molar-refractivity contribution in [2.45, 2.75) is 19.3 Å². The van der Waals surface area contributed by atoms with Crippen molar-refractivity contribution in [1.29, 1.82) is 0 Å². The summed E-state index contributed by atoms with van der Waals surface area (Å²) in [5, 5.41) is 2.22. The van der Waals surface area contributed by atoms with E-state index in [9.17, 15) is 0 Å². The van der Waals surface area contributed by atoms with E-state index in [1.165, 1.54) is 16.7 Å². The van der Waals surface area contributed by atoms with Gasteiger partial charge in [0.1, 0.15) is 11.2 Å². The maximum atomic E-state index is 6.96. The van der Waals surface area contributed by atoms with Crippen LogP contribution in [-0.2, 0) is 5.41 Å². The molecule has 0 saturated heterocycles. The maximum Gasteiger partial charge on any atom is 0.179 e. The molecule has 0 bridgehead atoms. The molecule has 10 rings (SSSR count). The molecule has 1 aliphatic carbocycles. The van der Waals surface area contributed by atoms with Crippen molar-refractivity contribution in [1.82, 2.24) is 4.98 Å². The molecule has 4 nitrogen and oxygen atoms in total. The number of ether oxygens (including phenoxy) is 2. The van der Waals surface area contributed by atoms with Crippen LogP contribution in [0.1, 0.15) is 25.0 Å². The number of aromatic nitrogens is 1. The van der Waals surface area contributed by atoms with Gasteiger partial charge in [-0.3, -0.25) is 0 Å². The topological polar surface area (TPSA) is 44.5 Å². The largest absolute Gasteiger partial charge is 0.456 e. The summed E-state index contributed by atoms with van der Waals surface area (Å²) in [5.41, 5.74) is 12.1. The molecule has 0 spiro atoms. The Labute approximate surface area is 277 Å². The Balaban J connectivity index is 1.15. The summed E-state index contributed by atoms with van der Waals surface area (Å²) in [5.74, 6) is 2.80. The molecule has 1 aliphatic heterocycles. The van der Waals surface area contributed by atoms with Crippen LogP contribution in [0.5, 0.6) is 23.0 Å². The van der Waals surface area contributed by atoms with Gasteiger partial charge in [0, 0.05) is 32.9 Å². The van der Waals surface area contributed by atoms with Crippen LogP contribution >= 0.6 is 0 Å². The number of hydrogen-bond donors (Lipinski definition) is 0. The van der Waals surface area contributed by atoms with E-state index in [0.717, 1.165) is 72.6 Å². The smallest absolute Gasteiger partial charge is 0.179 e. The van der Waals surface area contributed by atoms with Crippen molar-refractivity contribution in [2.75, 3.05) is 0 Å². The first kappa shape index (κ1) is 27.0. The highest BCUT2D eigenvalue weighted by Gasteiger charge is 2.39. The van der Waals surface area contributed by atoms with Gasteiger partial charge in [0.05, 0.1) is 11.4 Å². The van der Waals surface area contributed by atoms with Gasteiger partial charge in [-0.1, -0.05) is 105 Å². The summed E-state index contributed by atoms with van der Waals surface area (Å²) in [7, 11) is 0. The van der Waals surface area contributed by atoms with Crippen LogP contribution in [-0.4, -0.2) is 4.98 Å². The van der Waals surface area contributed by atoms with Crippen molar-refractivity contribution >= 4 is 21.9 Å². The van der Waals surface area contributed by atoms with Gasteiger partial charge >= 0.3 is 0 Å². The van der Waals surface area contributed by atoms with E-state index in [0.29, 0.717) is 11.5 Å². The number of rotatable bonds is 3. The van der Waals surface area contributed by atoms with E-state index in [1.807, 2.05) is 54.6 Å². The van der Waals surface area contributed by atoms with Crippen LogP contribution in [0, 0.1) is 0 Å². The average Bonchev–Trinajstić information content (AvgIpc) is 3.62. The van der Waals surface area contributed by atoms with Crippen LogP contribution in [0.3, 0.4) is 0 Å². The molecule has 2 aromatic heterocycles. The van der Waals surface area contributed by atoms with Gasteiger partial charge in [-0.05, 0) is 76.3 Å². The number of para-hydroxylation sites is 2. The summed E-state index contributed by atoms with van der Waals surface area (Å²) in [6, 6.07) is 48.1. The Bertz CT molecular complexity index is 2600. The highest BCUT2D eigenvalue weighted by Crippen LogP contribution is 2.59. The van der Waals surface area contributed by atoms with Gasteiger partial charge in [0.15, 0.2) is 23.0 Å². The molecule has 0 radical (unpaired) electrons. The summed E-state index contributed by atoms with van der Waals surface area (Å²) in [4.78, 5) is 5.23. The minimum Gasteiger partial charge on any atom is -0.456 e. The molecule has 0 fully saturated rings. The van der Waals surface area contributed by atoms with Gasteiger partial charge < -0.3 is 13.9 Å². The van der Waals surface area contributed by atoms with Crippen molar-refractivity contribution in [3.05, 3.63) is 151 Å². The Kier molecular flexibility index (Phi) is 5.59. The SMILES string of the molecule is CC1(C)c2ccccc2-c2c1ccc1c2Oc2c(cccc2-c2cc(-c3ccc4c(c3)oc3ccccc34)cc(-c3ccccc3)n2)O1. The van der Waals surface area contributed by atoms with Crippen LogP contribution < -0.4 is 9.47 Å². The first-order chi connectivity index (χ1) is 23.5. The fourth-order valence-corrected chi connectivity index (χ4v) is 7.55. The third-order valence-electron chi connectivity index (χ3n) is 9.95. The first-order valence-corrected chi connectivity index (χ1v) is 16.3. The summed E-state index contributed by atoms with van der Waals surface area (Å²) in [6.07, 6.45) is 0. The van der Waals surface area contributed by atoms with Crippen LogP contribution in [0.25, 0.3) is 66.7 Å². The third kappa shape index (κ3) is 3.93. The van der Waals surface area contributed by atoms with Crippen LogP contribution in [0.4, 0.5) is 0 Å². The fraction of sp³-hybridized carbons (Fsp3) is 0.0682. The number of fused-ring (bicyclic) bond motifs is 9. The standard InChI is InChI=1S/C44H29NO3/c1-44(2)33-16-8-6-14-31(33)41-34(44)21-22-39-43(41)48-42-32(15-10-18-38(42)47-39)36-24-28(23-35(45-36)26-11-4-3-5-12-26)27-19-20-30-29-13-7-9-17-37(29)46-40(30)25-27/h3-25H,1-2H3. The monoisotopic (exact) mass is 619 g/mol. The summed E-state index contributed by atoms with van der Waals surface area (Å²) in [6.45, 7) is 4.55. The number of hydrogen-bond acceptors (Lipinski definition) is 4. The van der Waals surface area contributed by atoms with E-state index >= 15 is 0 Å². The Morgan fingerprint density at radius 2 is 1.23 bits per heavy atom. The van der Waals surface area contributed by atoms with Gasteiger partial charge in [-0.15, -0.1) is 0 Å². The molecular formula is C44H29NO3. The average molecular weight is 620 g/mol. The van der Waals surface area contributed by atoms with Crippen molar-refractivity contribution in [3.63, 3.8) is 0 Å². The lowest BCUT2D eigenvalue weighted by Crippen LogP contribution is -2.15. The molecule has 48 heavy (non-hydrogen) atoms. The molecule has 4 heteroatoms. The van der Waals surface area contributed by atoms with Gasteiger partial charge in [0.25, 0.3) is 0 Å². The summed E-state index contributed by atoms with van der Waals surface area (Å²) < 4.78 is 19.8. The predicted octanol–water partition coefficient (Wildman–Crippen LogP) is 12.2. The van der Waals surface area contributed by atoms with Crippen LogP contribution in [0.15, 0.2) is 144 Å². The van der Waals surface area contributed by atoms with Gasteiger partial charge in [0.2, 0.25) is 0 Å². The lowest BCUT2D eigenvalue weighted by molar-refractivity contribution is 0.361. The first-order valence-electron chi connectivity index (χ1n) is 16.3. The Morgan fingerprint density at radius 1 is 0.479 bits per heavy atom. The normalized spacial score (nSPS) is 13.7. The molecule has 0 amide bonds. The summed E-state index contributed by atoms with van der Waals surface area (Å²) >= 11 is 0.